The molecule has 2 fully saturated rings. The fourth-order valence-corrected chi connectivity index (χ4v) is 2.91. The highest BCUT2D eigenvalue weighted by atomic mass is 16.5. The first kappa shape index (κ1) is 14.4. The lowest BCUT2D eigenvalue weighted by Gasteiger charge is -2.29. The molecule has 0 radical (unpaired) electrons. The van der Waals surface area contributed by atoms with Crippen molar-refractivity contribution in [2.45, 2.75) is 32.2 Å². The summed E-state index contributed by atoms with van der Waals surface area (Å²) in [5, 5.41) is 0. The van der Waals surface area contributed by atoms with Gasteiger partial charge in [-0.15, -0.1) is 0 Å². The molecule has 1 aromatic rings. The maximum absolute atomic E-state index is 6.00. The Morgan fingerprint density at radius 2 is 2.14 bits per heavy atom. The average Bonchev–Trinajstić information content (AvgIpc) is 3.27. The minimum atomic E-state index is 0.449. The summed E-state index contributed by atoms with van der Waals surface area (Å²) in [6.45, 7) is 6.24. The molecule has 1 aromatic heterocycles. The van der Waals surface area contributed by atoms with Crippen LogP contribution in [0.4, 0.5) is 11.5 Å². The van der Waals surface area contributed by atoms with Crippen LogP contribution in [0.1, 0.15) is 26.2 Å². The van der Waals surface area contributed by atoms with Gasteiger partial charge in [0.15, 0.2) is 0 Å². The van der Waals surface area contributed by atoms with Crippen molar-refractivity contribution in [2.75, 3.05) is 43.9 Å². The molecule has 0 aromatic carbocycles. The van der Waals surface area contributed by atoms with Crippen LogP contribution in [0.15, 0.2) is 12.1 Å². The summed E-state index contributed by atoms with van der Waals surface area (Å²) in [6, 6.07) is 4.39. The van der Waals surface area contributed by atoms with Crippen molar-refractivity contribution in [3.8, 4) is 5.88 Å². The zero-order chi connectivity index (χ0) is 14.8. The zero-order valence-electron chi connectivity index (χ0n) is 13.1. The highest BCUT2D eigenvalue weighted by Gasteiger charge is 2.24. The van der Waals surface area contributed by atoms with Gasteiger partial charge in [0, 0.05) is 19.1 Å². The lowest BCUT2D eigenvalue weighted by atomic mass is 10.2. The van der Waals surface area contributed by atoms with Crippen molar-refractivity contribution in [1.29, 1.82) is 0 Å². The Hall–Kier alpha value is -1.49. The van der Waals surface area contributed by atoms with Crippen molar-refractivity contribution in [2.24, 2.45) is 5.92 Å². The van der Waals surface area contributed by atoms with Crippen LogP contribution in [0.25, 0.3) is 0 Å². The van der Waals surface area contributed by atoms with Crippen LogP contribution in [0.3, 0.4) is 0 Å². The van der Waals surface area contributed by atoms with E-state index in [1.807, 2.05) is 12.1 Å². The molecule has 2 aliphatic rings. The Bertz CT molecular complexity index is 489. The molecule has 1 unspecified atom stereocenters. The van der Waals surface area contributed by atoms with E-state index >= 15 is 0 Å². The van der Waals surface area contributed by atoms with Gasteiger partial charge in [0.25, 0.3) is 0 Å². The summed E-state index contributed by atoms with van der Waals surface area (Å²) >= 11 is 0. The van der Waals surface area contributed by atoms with Crippen molar-refractivity contribution in [1.82, 2.24) is 9.88 Å². The summed E-state index contributed by atoms with van der Waals surface area (Å²) in [5.41, 5.74) is 6.64. The summed E-state index contributed by atoms with van der Waals surface area (Å²) < 4.78 is 5.81. The summed E-state index contributed by atoms with van der Waals surface area (Å²) in [7, 11) is 2.18. The number of nitrogens with zero attached hydrogens (tertiary/aromatic N) is 3. The summed E-state index contributed by atoms with van der Waals surface area (Å²) in [6.07, 6.45) is 3.70. The molecule has 5 nitrogen and oxygen atoms in total. The topological polar surface area (TPSA) is 54.6 Å². The molecule has 1 aliphatic heterocycles. The van der Waals surface area contributed by atoms with E-state index < -0.39 is 0 Å². The number of hydrogen-bond acceptors (Lipinski definition) is 5. The second-order valence-electron chi connectivity index (χ2n) is 6.48. The normalized spacial score (nSPS) is 23.9. The third-order valence-electron chi connectivity index (χ3n) is 4.37. The van der Waals surface area contributed by atoms with Crippen LogP contribution in [0.5, 0.6) is 5.88 Å². The smallest absolute Gasteiger partial charge is 0.239 e. The fourth-order valence-electron chi connectivity index (χ4n) is 2.91. The first-order chi connectivity index (χ1) is 10.1. The lowest BCUT2D eigenvalue weighted by molar-refractivity contribution is 0.290. The molecule has 0 bridgehead atoms. The number of aromatic nitrogens is 1. The fraction of sp³-hybridized carbons (Fsp3) is 0.688. The van der Waals surface area contributed by atoms with E-state index in [2.05, 4.69) is 28.8 Å². The van der Waals surface area contributed by atoms with Crippen LogP contribution in [-0.2, 0) is 0 Å². The number of nitrogens with two attached hydrogens (primary N) is 1. The Morgan fingerprint density at radius 3 is 2.90 bits per heavy atom. The second-order valence-corrected chi connectivity index (χ2v) is 6.48. The number of hydrogen-bond donors (Lipinski definition) is 1. The quantitative estimate of drug-likeness (QED) is 0.919. The minimum absolute atomic E-state index is 0.449. The van der Waals surface area contributed by atoms with E-state index in [0.29, 0.717) is 23.5 Å². The third-order valence-corrected chi connectivity index (χ3v) is 4.37. The maximum atomic E-state index is 6.00. The maximum Gasteiger partial charge on any atom is 0.239 e. The highest BCUT2D eigenvalue weighted by Crippen LogP contribution is 2.31. The van der Waals surface area contributed by atoms with Crippen LogP contribution in [-0.4, -0.2) is 49.2 Å². The van der Waals surface area contributed by atoms with Gasteiger partial charge in [-0.05, 0) is 57.8 Å². The van der Waals surface area contributed by atoms with Gasteiger partial charge in [-0.3, -0.25) is 0 Å². The predicted octanol–water partition coefficient (Wildman–Crippen LogP) is 1.98. The van der Waals surface area contributed by atoms with E-state index in [9.17, 15) is 0 Å². The van der Waals surface area contributed by atoms with Crippen LogP contribution in [0, 0.1) is 5.92 Å². The van der Waals surface area contributed by atoms with Crippen LogP contribution in [0.2, 0.25) is 0 Å². The largest absolute Gasteiger partial charge is 0.476 e. The zero-order valence-corrected chi connectivity index (χ0v) is 13.1. The number of rotatable bonds is 4. The van der Waals surface area contributed by atoms with E-state index in [1.165, 1.54) is 12.8 Å². The molecule has 116 valence electrons. The number of ether oxygens (including phenoxy) is 1. The molecule has 2 heterocycles. The van der Waals surface area contributed by atoms with E-state index in [0.717, 1.165) is 38.5 Å². The molecule has 2 N–H and O–H groups in total. The van der Waals surface area contributed by atoms with Crippen molar-refractivity contribution in [3.05, 3.63) is 12.1 Å². The minimum Gasteiger partial charge on any atom is -0.476 e. The monoisotopic (exact) mass is 290 g/mol. The van der Waals surface area contributed by atoms with E-state index in [1.54, 1.807) is 0 Å². The average molecular weight is 290 g/mol. The van der Waals surface area contributed by atoms with Gasteiger partial charge in [0.1, 0.15) is 5.82 Å². The van der Waals surface area contributed by atoms with Crippen LogP contribution >= 0.6 is 0 Å². The predicted molar refractivity (Wildman–Crippen MR) is 85.8 cm³/mol. The molecule has 5 heteroatoms. The van der Waals surface area contributed by atoms with Crippen molar-refractivity contribution >= 4 is 11.5 Å². The second kappa shape index (κ2) is 6.10. The SMILES string of the molecule is CC1CN(C)CCCN1c1ccc(N)c(OCC2CC2)n1. The van der Waals surface area contributed by atoms with Crippen LogP contribution < -0.4 is 15.4 Å². The Kier molecular flexibility index (Phi) is 4.19. The van der Waals surface area contributed by atoms with Gasteiger partial charge in [-0.2, -0.15) is 4.98 Å². The molecular weight excluding hydrogens is 264 g/mol. The molecule has 1 atom stereocenters. The molecule has 0 amide bonds. The highest BCUT2D eigenvalue weighted by molar-refractivity contribution is 5.55. The first-order valence-corrected chi connectivity index (χ1v) is 7.98. The summed E-state index contributed by atoms with van der Waals surface area (Å²) in [4.78, 5) is 9.42. The molecule has 1 aliphatic carbocycles. The number of pyridine rings is 1. The standard InChI is InChI=1S/C16H26N4O/c1-12-10-19(2)8-3-9-20(12)15-7-6-14(17)16(18-15)21-11-13-4-5-13/h6-7,12-13H,3-5,8-11,17H2,1-2H3. The summed E-state index contributed by atoms with van der Waals surface area (Å²) in [5.74, 6) is 2.29. The number of likely N-dealkylation sites (N-methyl/N-ethyl adjacent to an activating group) is 1. The van der Waals surface area contributed by atoms with Gasteiger partial charge in [-0.1, -0.05) is 0 Å². The van der Waals surface area contributed by atoms with Gasteiger partial charge in [0.2, 0.25) is 5.88 Å². The van der Waals surface area contributed by atoms with Gasteiger partial charge >= 0.3 is 0 Å². The van der Waals surface area contributed by atoms with Gasteiger partial charge in [0.05, 0.1) is 12.3 Å². The molecule has 3 rings (SSSR count). The third kappa shape index (κ3) is 3.59. The molecule has 0 spiro atoms. The molecule has 21 heavy (non-hydrogen) atoms. The molecular formula is C16H26N4O. The van der Waals surface area contributed by atoms with Crippen molar-refractivity contribution < 1.29 is 4.74 Å². The van der Waals surface area contributed by atoms with E-state index in [-0.39, 0.29) is 0 Å². The number of anilines is 2. The molecule has 1 saturated carbocycles. The Morgan fingerprint density at radius 1 is 1.33 bits per heavy atom. The Labute approximate surface area is 127 Å². The van der Waals surface area contributed by atoms with E-state index in [4.69, 9.17) is 10.5 Å². The van der Waals surface area contributed by atoms with Gasteiger partial charge < -0.3 is 20.3 Å². The van der Waals surface area contributed by atoms with Crippen molar-refractivity contribution in [3.63, 3.8) is 0 Å². The van der Waals surface area contributed by atoms with Gasteiger partial charge in [-0.25, -0.2) is 0 Å². The first-order valence-electron chi connectivity index (χ1n) is 7.98. The lowest BCUT2D eigenvalue weighted by Crippen LogP contribution is -2.38. The number of nitrogen functional groups attached to an aromatic ring is 1. The molecule has 1 saturated heterocycles. The Balaban J connectivity index is 1.75.